The van der Waals surface area contributed by atoms with Gasteiger partial charge in [0, 0.05) is 25.0 Å². The number of aromatic nitrogens is 3. The van der Waals surface area contributed by atoms with Crippen LogP contribution in [0.4, 0.5) is 0 Å². The average molecular weight is 208 g/mol. The van der Waals surface area contributed by atoms with Crippen LogP contribution in [0.1, 0.15) is 5.01 Å². The Kier molecular flexibility index (Phi) is 2.60. The van der Waals surface area contributed by atoms with E-state index in [9.17, 15) is 0 Å². The lowest BCUT2D eigenvalue weighted by Crippen LogP contribution is -2.02. The summed E-state index contributed by atoms with van der Waals surface area (Å²) in [5, 5.41) is 7.24. The lowest BCUT2D eigenvalue weighted by atomic mass is 10.3. The van der Waals surface area contributed by atoms with Gasteiger partial charge in [0.15, 0.2) is 0 Å². The number of nitrogens with zero attached hydrogens (tertiary/aromatic N) is 3. The highest BCUT2D eigenvalue weighted by molar-refractivity contribution is 7.09. The quantitative estimate of drug-likeness (QED) is 0.820. The molecule has 0 saturated heterocycles. The molecule has 2 aromatic rings. The lowest BCUT2D eigenvalue weighted by Gasteiger charge is -1.95. The Morgan fingerprint density at radius 3 is 3.07 bits per heavy atom. The van der Waals surface area contributed by atoms with Crippen LogP contribution in [0.15, 0.2) is 17.6 Å². The number of aryl methyl sites for hydroxylation is 1. The van der Waals surface area contributed by atoms with Crippen molar-refractivity contribution in [3.05, 3.63) is 22.7 Å². The van der Waals surface area contributed by atoms with E-state index in [-0.39, 0.29) is 0 Å². The summed E-state index contributed by atoms with van der Waals surface area (Å²) in [6.07, 6.45) is 2.62. The first-order valence-electron chi connectivity index (χ1n) is 4.44. The van der Waals surface area contributed by atoms with E-state index < -0.39 is 0 Å². The van der Waals surface area contributed by atoms with E-state index in [2.05, 4.69) is 10.1 Å². The van der Waals surface area contributed by atoms with Crippen LogP contribution in [0.25, 0.3) is 11.4 Å². The minimum atomic E-state index is 0.651. The van der Waals surface area contributed by atoms with E-state index in [0.29, 0.717) is 6.54 Å². The highest BCUT2D eigenvalue weighted by Gasteiger charge is 2.06. The maximum absolute atomic E-state index is 5.47. The van der Waals surface area contributed by atoms with Crippen molar-refractivity contribution >= 4 is 11.3 Å². The van der Waals surface area contributed by atoms with Crippen molar-refractivity contribution in [3.8, 4) is 11.4 Å². The maximum Gasteiger partial charge on any atom is 0.0995 e. The fraction of sp³-hybridized carbons (Fsp3) is 0.333. The van der Waals surface area contributed by atoms with Crippen molar-refractivity contribution in [3.63, 3.8) is 0 Å². The van der Waals surface area contributed by atoms with Crippen molar-refractivity contribution in [2.45, 2.75) is 6.42 Å². The van der Waals surface area contributed by atoms with Gasteiger partial charge in [0.25, 0.3) is 0 Å². The fourth-order valence-corrected chi connectivity index (χ4v) is 2.10. The molecule has 2 rings (SSSR count). The third kappa shape index (κ3) is 1.69. The summed E-state index contributed by atoms with van der Waals surface area (Å²) in [6.45, 7) is 0.651. The number of nitrogens with two attached hydrogens (primary N) is 1. The number of hydrogen-bond donors (Lipinski definition) is 1. The van der Waals surface area contributed by atoms with Gasteiger partial charge in [-0.1, -0.05) is 0 Å². The molecule has 2 heterocycles. The summed E-state index contributed by atoms with van der Waals surface area (Å²) in [7, 11) is 1.91. The lowest BCUT2D eigenvalue weighted by molar-refractivity contribution is 0.773. The third-order valence-electron chi connectivity index (χ3n) is 1.99. The first-order chi connectivity index (χ1) is 6.81. The molecule has 2 aromatic heterocycles. The average Bonchev–Trinajstić information content (AvgIpc) is 2.74. The smallest absolute Gasteiger partial charge is 0.0995 e. The van der Waals surface area contributed by atoms with Gasteiger partial charge < -0.3 is 5.73 Å². The van der Waals surface area contributed by atoms with E-state index in [0.717, 1.165) is 22.8 Å². The molecule has 0 unspecified atom stereocenters. The molecule has 5 heteroatoms. The Morgan fingerprint density at radius 1 is 1.57 bits per heavy atom. The Balaban J connectivity index is 2.29. The summed E-state index contributed by atoms with van der Waals surface area (Å²) in [6, 6.07) is 1.96. The minimum absolute atomic E-state index is 0.651. The van der Waals surface area contributed by atoms with Crippen LogP contribution in [0.3, 0.4) is 0 Å². The Bertz CT molecular complexity index is 418. The number of rotatable bonds is 3. The summed E-state index contributed by atoms with van der Waals surface area (Å²) < 4.78 is 1.82. The molecule has 0 saturated carbocycles. The van der Waals surface area contributed by atoms with Crippen LogP contribution in [0.5, 0.6) is 0 Å². The van der Waals surface area contributed by atoms with Crippen molar-refractivity contribution in [1.82, 2.24) is 14.8 Å². The zero-order valence-corrected chi connectivity index (χ0v) is 8.79. The van der Waals surface area contributed by atoms with Crippen LogP contribution in [-0.2, 0) is 13.5 Å². The standard InChI is InChI=1S/C9H12N4S/c1-13-8(3-5-11-13)7-6-14-9(12-7)2-4-10/h3,5-6H,2,4,10H2,1H3. The van der Waals surface area contributed by atoms with Gasteiger partial charge in [0.2, 0.25) is 0 Å². The molecule has 0 aromatic carbocycles. The molecule has 14 heavy (non-hydrogen) atoms. The van der Waals surface area contributed by atoms with Gasteiger partial charge in [-0.3, -0.25) is 4.68 Å². The van der Waals surface area contributed by atoms with E-state index >= 15 is 0 Å². The van der Waals surface area contributed by atoms with Crippen molar-refractivity contribution in [2.24, 2.45) is 12.8 Å². The molecule has 74 valence electrons. The fourth-order valence-electron chi connectivity index (χ4n) is 1.29. The van der Waals surface area contributed by atoms with Crippen LogP contribution >= 0.6 is 11.3 Å². The van der Waals surface area contributed by atoms with Gasteiger partial charge in [-0.05, 0) is 12.6 Å². The van der Waals surface area contributed by atoms with Crippen molar-refractivity contribution in [2.75, 3.05) is 6.54 Å². The monoisotopic (exact) mass is 208 g/mol. The number of hydrogen-bond acceptors (Lipinski definition) is 4. The van der Waals surface area contributed by atoms with Crippen LogP contribution in [-0.4, -0.2) is 21.3 Å². The normalized spacial score (nSPS) is 10.7. The Hall–Kier alpha value is -1.20. The molecule has 4 nitrogen and oxygen atoms in total. The van der Waals surface area contributed by atoms with Gasteiger partial charge >= 0.3 is 0 Å². The van der Waals surface area contributed by atoms with Crippen LogP contribution in [0, 0.1) is 0 Å². The van der Waals surface area contributed by atoms with E-state index in [1.807, 2.05) is 23.2 Å². The predicted octanol–water partition coefficient (Wildman–Crippen LogP) is 1.04. The first-order valence-corrected chi connectivity index (χ1v) is 5.32. The first kappa shape index (κ1) is 9.36. The van der Waals surface area contributed by atoms with E-state index in [1.165, 1.54) is 0 Å². The molecule has 2 N–H and O–H groups in total. The summed E-state index contributed by atoms with van der Waals surface area (Å²) in [5.74, 6) is 0. The van der Waals surface area contributed by atoms with Crippen LogP contribution in [0.2, 0.25) is 0 Å². The second kappa shape index (κ2) is 3.89. The van der Waals surface area contributed by atoms with Crippen molar-refractivity contribution < 1.29 is 0 Å². The van der Waals surface area contributed by atoms with Gasteiger partial charge in [-0.15, -0.1) is 11.3 Å². The van der Waals surface area contributed by atoms with Crippen LogP contribution < -0.4 is 5.73 Å². The molecule has 0 aliphatic heterocycles. The molecular formula is C9H12N4S. The molecule has 0 aliphatic rings. The minimum Gasteiger partial charge on any atom is -0.330 e. The molecule has 0 spiro atoms. The van der Waals surface area contributed by atoms with E-state index in [1.54, 1.807) is 17.5 Å². The molecule has 0 amide bonds. The highest BCUT2D eigenvalue weighted by atomic mass is 32.1. The largest absolute Gasteiger partial charge is 0.330 e. The highest BCUT2D eigenvalue weighted by Crippen LogP contribution is 2.20. The topological polar surface area (TPSA) is 56.7 Å². The molecule has 0 atom stereocenters. The van der Waals surface area contributed by atoms with E-state index in [4.69, 9.17) is 5.73 Å². The molecule has 0 fully saturated rings. The third-order valence-corrected chi connectivity index (χ3v) is 2.90. The zero-order chi connectivity index (χ0) is 9.97. The second-order valence-corrected chi connectivity index (χ2v) is 3.95. The second-order valence-electron chi connectivity index (χ2n) is 3.01. The zero-order valence-electron chi connectivity index (χ0n) is 7.97. The number of thiazole rings is 1. The van der Waals surface area contributed by atoms with Gasteiger partial charge in [0.1, 0.15) is 0 Å². The van der Waals surface area contributed by atoms with Gasteiger partial charge in [-0.25, -0.2) is 4.98 Å². The molecule has 0 bridgehead atoms. The van der Waals surface area contributed by atoms with Crippen molar-refractivity contribution in [1.29, 1.82) is 0 Å². The van der Waals surface area contributed by atoms with Gasteiger partial charge in [-0.2, -0.15) is 5.10 Å². The predicted molar refractivity (Wildman–Crippen MR) is 57.1 cm³/mol. The summed E-state index contributed by atoms with van der Waals surface area (Å²) in [4.78, 5) is 4.48. The Morgan fingerprint density at radius 2 is 2.43 bits per heavy atom. The summed E-state index contributed by atoms with van der Waals surface area (Å²) in [5.41, 5.74) is 7.50. The summed E-state index contributed by atoms with van der Waals surface area (Å²) >= 11 is 1.65. The Labute approximate surface area is 86.4 Å². The van der Waals surface area contributed by atoms with Gasteiger partial charge in [0.05, 0.1) is 16.4 Å². The SMILES string of the molecule is Cn1nccc1-c1csc(CCN)n1. The molecule has 0 radical (unpaired) electrons. The molecule has 0 aliphatic carbocycles. The maximum atomic E-state index is 5.47. The molecular weight excluding hydrogens is 196 g/mol.